The number of alkyl halides is 3. The lowest BCUT2D eigenvalue weighted by atomic mass is 9.88. The van der Waals surface area contributed by atoms with Crippen LogP contribution in [0.25, 0.3) is 0 Å². The van der Waals surface area contributed by atoms with Gasteiger partial charge in [-0.05, 0) is 29.7 Å². The number of nitrogens with zero attached hydrogens (tertiary/aromatic N) is 1. The van der Waals surface area contributed by atoms with Gasteiger partial charge in [0.1, 0.15) is 0 Å². The van der Waals surface area contributed by atoms with Crippen molar-refractivity contribution in [2.45, 2.75) is 26.1 Å². The Morgan fingerprint density at radius 2 is 1.93 bits per heavy atom. The highest BCUT2D eigenvalue weighted by atomic mass is 19.4. The van der Waals surface area contributed by atoms with Crippen LogP contribution in [0.3, 0.4) is 0 Å². The maximum Gasteiger partial charge on any atom is 0.573 e. The van der Waals surface area contributed by atoms with Crippen molar-refractivity contribution in [3.8, 4) is 5.75 Å². The Balaban J connectivity index is 1.86. The molecule has 0 spiro atoms. The molecule has 0 saturated heterocycles. The summed E-state index contributed by atoms with van der Waals surface area (Å²) in [4.78, 5) is 27.3. The molecular formula is C21H20F4N2O3. The Hall–Kier alpha value is -3.10. The topological polar surface area (TPSA) is 58.6 Å². The zero-order valence-corrected chi connectivity index (χ0v) is 16.3. The minimum absolute atomic E-state index is 0.0505. The molecule has 2 aromatic rings. The molecule has 1 aliphatic rings. The number of hydrogen-bond acceptors (Lipinski definition) is 3. The van der Waals surface area contributed by atoms with Gasteiger partial charge >= 0.3 is 6.36 Å². The summed E-state index contributed by atoms with van der Waals surface area (Å²) in [6, 6.07) is 9.41. The molecular weight excluding hydrogens is 404 g/mol. The molecule has 30 heavy (non-hydrogen) atoms. The van der Waals surface area contributed by atoms with Gasteiger partial charge in [0.15, 0.2) is 11.6 Å². The summed E-state index contributed by atoms with van der Waals surface area (Å²) < 4.78 is 54.6. The maximum atomic E-state index is 13.6. The highest BCUT2D eigenvalue weighted by Gasteiger charge is 2.36. The second kappa shape index (κ2) is 8.33. The van der Waals surface area contributed by atoms with Crippen molar-refractivity contribution >= 4 is 17.5 Å². The number of halogens is 4. The van der Waals surface area contributed by atoms with Crippen molar-refractivity contribution in [3.63, 3.8) is 0 Å². The second-order valence-electron chi connectivity index (χ2n) is 7.43. The van der Waals surface area contributed by atoms with E-state index in [9.17, 15) is 27.2 Å². The van der Waals surface area contributed by atoms with Gasteiger partial charge < -0.3 is 15.0 Å². The standard InChI is InChI=1S/C21H20F4N2O3/c1-12(2)10-27-11-16(14-5-3-4-6-15(14)20(27)29)19(28)26-13-7-8-17(22)18(9-13)30-21(23,24)25/h3-9,12,16H,10-11H2,1-2H3,(H,26,28)/t16-/m0/s1. The lowest BCUT2D eigenvalue weighted by molar-refractivity contribution is -0.275. The van der Waals surface area contributed by atoms with Gasteiger partial charge in [-0.3, -0.25) is 9.59 Å². The molecule has 1 atom stereocenters. The summed E-state index contributed by atoms with van der Waals surface area (Å²) in [6.07, 6.45) is -5.07. The van der Waals surface area contributed by atoms with E-state index in [4.69, 9.17) is 0 Å². The second-order valence-corrected chi connectivity index (χ2v) is 7.43. The molecule has 0 radical (unpaired) electrons. The van der Waals surface area contributed by atoms with E-state index in [1.165, 1.54) is 0 Å². The monoisotopic (exact) mass is 424 g/mol. The Labute approximate surface area is 170 Å². The van der Waals surface area contributed by atoms with Gasteiger partial charge in [-0.25, -0.2) is 4.39 Å². The molecule has 1 N–H and O–H groups in total. The number of rotatable bonds is 5. The average Bonchev–Trinajstić information content (AvgIpc) is 2.65. The molecule has 3 rings (SSSR count). The van der Waals surface area contributed by atoms with Crippen LogP contribution in [-0.2, 0) is 4.79 Å². The fourth-order valence-corrected chi connectivity index (χ4v) is 3.40. The molecule has 0 aliphatic carbocycles. The molecule has 0 aromatic heterocycles. The quantitative estimate of drug-likeness (QED) is 0.716. The first kappa shape index (κ1) is 21.6. The molecule has 0 saturated carbocycles. The predicted molar refractivity (Wildman–Crippen MR) is 102 cm³/mol. The molecule has 9 heteroatoms. The summed E-state index contributed by atoms with van der Waals surface area (Å²) >= 11 is 0. The van der Waals surface area contributed by atoms with Gasteiger partial charge in [0, 0.05) is 30.4 Å². The Morgan fingerprint density at radius 1 is 1.23 bits per heavy atom. The van der Waals surface area contributed by atoms with E-state index in [1.807, 2.05) is 13.8 Å². The third-order valence-corrected chi connectivity index (χ3v) is 4.58. The molecule has 0 fully saturated rings. The summed E-state index contributed by atoms with van der Waals surface area (Å²) in [5.74, 6) is -3.49. The first-order valence-electron chi connectivity index (χ1n) is 9.29. The normalized spacial score (nSPS) is 16.4. The van der Waals surface area contributed by atoms with E-state index in [1.54, 1.807) is 29.2 Å². The maximum absolute atomic E-state index is 13.6. The molecule has 5 nitrogen and oxygen atoms in total. The minimum Gasteiger partial charge on any atom is -0.403 e. The summed E-state index contributed by atoms with van der Waals surface area (Å²) in [5.41, 5.74) is 0.893. The lowest BCUT2D eigenvalue weighted by Gasteiger charge is -2.34. The third-order valence-electron chi connectivity index (χ3n) is 4.58. The minimum atomic E-state index is -5.07. The van der Waals surface area contributed by atoms with E-state index in [0.29, 0.717) is 17.7 Å². The zero-order chi connectivity index (χ0) is 22.1. The summed E-state index contributed by atoms with van der Waals surface area (Å²) in [6.45, 7) is 4.48. The first-order valence-corrected chi connectivity index (χ1v) is 9.29. The molecule has 0 bridgehead atoms. The van der Waals surface area contributed by atoms with Gasteiger partial charge in [-0.1, -0.05) is 32.0 Å². The molecule has 1 heterocycles. The van der Waals surface area contributed by atoms with Gasteiger partial charge in [0.25, 0.3) is 5.91 Å². The number of ether oxygens (including phenoxy) is 1. The Morgan fingerprint density at radius 3 is 2.60 bits per heavy atom. The largest absolute Gasteiger partial charge is 0.573 e. The third kappa shape index (κ3) is 4.90. The van der Waals surface area contributed by atoms with E-state index < -0.39 is 29.8 Å². The van der Waals surface area contributed by atoms with Crippen LogP contribution in [0.1, 0.15) is 35.7 Å². The summed E-state index contributed by atoms with van der Waals surface area (Å²) in [5, 5.41) is 2.50. The Kier molecular flexibility index (Phi) is 6.00. The van der Waals surface area contributed by atoms with Crippen molar-refractivity contribution in [2.75, 3.05) is 18.4 Å². The van der Waals surface area contributed by atoms with Gasteiger partial charge in [-0.15, -0.1) is 13.2 Å². The Bertz CT molecular complexity index is 960. The van der Waals surface area contributed by atoms with Crippen molar-refractivity contribution in [2.24, 2.45) is 5.92 Å². The number of anilines is 1. The van der Waals surface area contributed by atoms with Crippen molar-refractivity contribution < 1.29 is 31.9 Å². The van der Waals surface area contributed by atoms with Crippen LogP contribution >= 0.6 is 0 Å². The SMILES string of the molecule is CC(C)CN1C[C@H](C(=O)Nc2ccc(F)c(OC(F)(F)F)c2)c2ccccc2C1=O. The fraction of sp³-hybridized carbons (Fsp3) is 0.333. The number of amides is 2. The number of carbonyl (C=O) groups excluding carboxylic acids is 2. The highest BCUT2D eigenvalue weighted by Crippen LogP contribution is 2.32. The van der Waals surface area contributed by atoms with Crippen molar-refractivity contribution in [1.29, 1.82) is 0 Å². The van der Waals surface area contributed by atoms with E-state index in [2.05, 4.69) is 10.1 Å². The van der Waals surface area contributed by atoms with Crippen molar-refractivity contribution in [3.05, 3.63) is 59.4 Å². The highest BCUT2D eigenvalue weighted by molar-refractivity contribution is 6.03. The van der Waals surface area contributed by atoms with Crippen LogP contribution in [-0.4, -0.2) is 36.2 Å². The predicted octanol–water partition coefficient (Wildman–Crippen LogP) is 4.56. The van der Waals surface area contributed by atoms with Crippen molar-refractivity contribution in [1.82, 2.24) is 4.90 Å². The molecule has 160 valence electrons. The number of hydrogen-bond donors (Lipinski definition) is 1. The van der Waals surface area contributed by atoms with Crippen LogP contribution < -0.4 is 10.1 Å². The van der Waals surface area contributed by atoms with Gasteiger partial charge in [-0.2, -0.15) is 0 Å². The fourth-order valence-electron chi connectivity index (χ4n) is 3.40. The van der Waals surface area contributed by atoms with E-state index in [-0.39, 0.29) is 24.1 Å². The van der Waals surface area contributed by atoms with Crippen LogP contribution in [0.15, 0.2) is 42.5 Å². The van der Waals surface area contributed by atoms with Crippen LogP contribution in [0.2, 0.25) is 0 Å². The average molecular weight is 424 g/mol. The van der Waals surface area contributed by atoms with Crippen LogP contribution in [0.4, 0.5) is 23.2 Å². The molecule has 2 aromatic carbocycles. The molecule has 1 aliphatic heterocycles. The van der Waals surface area contributed by atoms with E-state index in [0.717, 1.165) is 18.2 Å². The summed E-state index contributed by atoms with van der Waals surface area (Å²) in [7, 11) is 0. The van der Waals surface area contributed by atoms with Gasteiger partial charge in [0.05, 0.1) is 5.92 Å². The number of fused-ring (bicyclic) bond motifs is 1. The number of carbonyl (C=O) groups is 2. The van der Waals surface area contributed by atoms with E-state index >= 15 is 0 Å². The molecule has 2 amide bonds. The van der Waals surface area contributed by atoms with Crippen LogP contribution in [0.5, 0.6) is 5.75 Å². The van der Waals surface area contributed by atoms with Gasteiger partial charge in [0.2, 0.25) is 5.91 Å². The smallest absolute Gasteiger partial charge is 0.403 e. The number of benzene rings is 2. The molecule has 0 unspecified atom stereocenters. The zero-order valence-electron chi connectivity index (χ0n) is 16.3. The number of nitrogens with one attached hydrogen (secondary N) is 1. The first-order chi connectivity index (χ1) is 14.0. The lowest BCUT2D eigenvalue weighted by Crippen LogP contribution is -2.45. The van der Waals surface area contributed by atoms with Crippen LogP contribution in [0, 0.1) is 11.7 Å².